The van der Waals surface area contributed by atoms with Gasteiger partial charge in [-0.05, 0) is 18.6 Å². The van der Waals surface area contributed by atoms with Crippen molar-refractivity contribution < 1.29 is 0 Å². The molecule has 28 heavy (non-hydrogen) atoms. The van der Waals surface area contributed by atoms with Crippen molar-refractivity contribution in [3.63, 3.8) is 0 Å². The van der Waals surface area contributed by atoms with Gasteiger partial charge in [0.25, 0.3) is 0 Å². The number of aromatic amines is 1. The SMILES string of the molecule is CCc1cnc(Nc2ncnc3nc(-c4c(Cl)cc(C#N)cc4Cl)[nH]c23)cn1. The first-order valence-corrected chi connectivity index (χ1v) is 9.02. The van der Waals surface area contributed by atoms with E-state index in [9.17, 15) is 0 Å². The Morgan fingerprint density at radius 3 is 2.54 bits per heavy atom. The largest absolute Gasteiger partial charge is 0.333 e. The number of hydrogen-bond donors (Lipinski definition) is 2. The summed E-state index contributed by atoms with van der Waals surface area (Å²) in [5.74, 6) is 1.46. The number of aromatic nitrogens is 6. The summed E-state index contributed by atoms with van der Waals surface area (Å²) in [6.07, 6.45) is 5.54. The number of imidazole rings is 1. The number of anilines is 2. The molecule has 2 N–H and O–H groups in total. The van der Waals surface area contributed by atoms with Gasteiger partial charge in [0.1, 0.15) is 23.5 Å². The third kappa shape index (κ3) is 3.33. The van der Waals surface area contributed by atoms with Gasteiger partial charge in [0, 0.05) is 0 Å². The number of nitrogens with one attached hydrogen (secondary N) is 2. The lowest BCUT2D eigenvalue weighted by molar-refractivity contribution is 1.00. The average molecular weight is 411 g/mol. The van der Waals surface area contributed by atoms with E-state index >= 15 is 0 Å². The maximum Gasteiger partial charge on any atom is 0.183 e. The van der Waals surface area contributed by atoms with Crippen LogP contribution in [0.25, 0.3) is 22.6 Å². The van der Waals surface area contributed by atoms with E-state index in [1.54, 1.807) is 12.4 Å². The Morgan fingerprint density at radius 1 is 1.11 bits per heavy atom. The van der Waals surface area contributed by atoms with Crippen LogP contribution in [0.3, 0.4) is 0 Å². The summed E-state index contributed by atoms with van der Waals surface area (Å²) in [6.45, 7) is 2.01. The lowest BCUT2D eigenvalue weighted by Gasteiger charge is -2.05. The summed E-state index contributed by atoms with van der Waals surface area (Å²) < 4.78 is 0. The minimum Gasteiger partial charge on any atom is -0.333 e. The van der Waals surface area contributed by atoms with Crippen molar-refractivity contribution in [3.8, 4) is 17.5 Å². The van der Waals surface area contributed by atoms with E-state index in [0.717, 1.165) is 12.1 Å². The number of H-pyrrole nitrogens is 1. The highest BCUT2D eigenvalue weighted by Gasteiger charge is 2.17. The van der Waals surface area contributed by atoms with Gasteiger partial charge in [0.15, 0.2) is 11.5 Å². The van der Waals surface area contributed by atoms with Crippen LogP contribution in [0.5, 0.6) is 0 Å². The predicted octanol–water partition coefficient (Wildman–Crippen LogP) is 4.29. The van der Waals surface area contributed by atoms with Gasteiger partial charge in [-0.25, -0.2) is 19.9 Å². The van der Waals surface area contributed by atoms with Gasteiger partial charge in [-0.2, -0.15) is 5.26 Å². The maximum atomic E-state index is 9.04. The first-order chi connectivity index (χ1) is 13.6. The van der Waals surface area contributed by atoms with Crippen LogP contribution in [0, 0.1) is 11.3 Å². The molecule has 3 heterocycles. The van der Waals surface area contributed by atoms with E-state index in [-0.39, 0.29) is 0 Å². The highest BCUT2D eigenvalue weighted by molar-refractivity contribution is 6.39. The molecule has 10 heteroatoms. The van der Waals surface area contributed by atoms with E-state index in [4.69, 9.17) is 28.5 Å². The van der Waals surface area contributed by atoms with Crippen molar-refractivity contribution in [3.05, 3.63) is 52.2 Å². The van der Waals surface area contributed by atoms with Crippen molar-refractivity contribution in [2.75, 3.05) is 5.32 Å². The van der Waals surface area contributed by atoms with Crippen LogP contribution in [0.4, 0.5) is 11.6 Å². The number of nitrogens with zero attached hydrogens (tertiary/aromatic N) is 6. The fourth-order valence-electron chi connectivity index (χ4n) is 2.63. The first kappa shape index (κ1) is 18.1. The topological polar surface area (TPSA) is 116 Å². The number of nitriles is 1. The molecule has 0 bridgehead atoms. The summed E-state index contributed by atoms with van der Waals surface area (Å²) in [7, 11) is 0. The number of fused-ring (bicyclic) bond motifs is 1. The van der Waals surface area contributed by atoms with E-state index in [1.807, 2.05) is 13.0 Å². The second-order valence-corrected chi connectivity index (χ2v) is 6.62. The van der Waals surface area contributed by atoms with Gasteiger partial charge in [-0.3, -0.25) is 4.98 Å². The number of benzene rings is 1. The molecule has 0 fully saturated rings. The molecule has 4 rings (SSSR count). The maximum absolute atomic E-state index is 9.04. The third-order valence-electron chi connectivity index (χ3n) is 4.01. The summed E-state index contributed by atoms with van der Waals surface area (Å²) in [6, 6.07) is 5.08. The zero-order valence-corrected chi connectivity index (χ0v) is 16.0. The Balaban J connectivity index is 1.76. The van der Waals surface area contributed by atoms with E-state index in [0.29, 0.717) is 49.8 Å². The third-order valence-corrected chi connectivity index (χ3v) is 4.61. The molecular formula is C18H12Cl2N8. The monoisotopic (exact) mass is 410 g/mol. The number of aryl methyl sites for hydroxylation is 1. The normalized spacial score (nSPS) is 10.8. The van der Waals surface area contributed by atoms with Crippen molar-refractivity contribution in [1.29, 1.82) is 5.26 Å². The number of hydrogen-bond acceptors (Lipinski definition) is 7. The van der Waals surface area contributed by atoms with Gasteiger partial charge in [-0.1, -0.05) is 30.1 Å². The van der Waals surface area contributed by atoms with Crippen LogP contribution in [0.2, 0.25) is 10.0 Å². The molecule has 0 atom stereocenters. The molecule has 0 saturated heterocycles. The van der Waals surface area contributed by atoms with Gasteiger partial charge in [0.2, 0.25) is 0 Å². The quantitative estimate of drug-likeness (QED) is 0.514. The van der Waals surface area contributed by atoms with Crippen LogP contribution in [0.15, 0.2) is 30.9 Å². The molecular weight excluding hydrogens is 399 g/mol. The summed E-state index contributed by atoms with van der Waals surface area (Å²) >= 11 is 12.6. The van der Waals surface area contributed by atoms with Gasteiger partial charge < -0.3 is 10.3 Å². The zero-order valence-electron chi connectivity index (χ0n) is 14.5. The van der Waals surface area contributed by atoms with Gasteiger partial charge in [0.05, 0.1) is 45.3 Å². The van der Waals surface area contributed by atoms with Gasteiger partial charge in [-0.15, -0.1) is 0 Å². The second kappa shape index (κ2) is 7.38. The molecule has 0 aliphatic rings. The van der Waals surface area contributed by atoms with Crippen molar-refractivity contribution >= 4 is 46.0 Å². The smallest absolute Gasteiger partial charge is 0.183 e. The Morgan fingerprint density at radius 2 is 1.89 bits per heavy atom. The zero-order chi connectivity index (χ0) is 19.7. The molecule has 8 nitrogen and oxygen atoms in total. The highest BCUT2D eigenvalue weighted by Crippen LogP contribution is 2.35. The highest BCUT2D eigenvalue weighted by atomic mass is 35.5. The predicted molar refractivity (Wildman–Crippen MR) is 107 cm³/mol. The fourth-order valence-corrected chi connectivity index (χ4v) is 3.29. The summed E-state index contributed by atoms with van der Waals surface area (Å²) in [5, 5.41) is 12.8. The lowest BCUT2D eigenvalue weighted by Crippen LogP contribution is -1.99. The summed E-state index contributed by atoms with van der Waals surface area (Å²) in [4.78, 5) is 24.7. The molecule has 0 unspecified atom stereocenters. The van der Waals surface area contributed by atoms with E-state index < -0.39 is 0 Å². The Labute approximate surface area is 169 Å². The van der Waals surface area contributed by atoms with E-state index in [1.165, 1.54) is 18.5 Å². The molecule has 0 aliphatic carbocycles. The van der Waals surface area contributed by atoms with Crippen molar-refractivity contribution in [2.45, 2.75) is 13.3 Å². The second-order valence-electron chi connectivity index (χ2n) is 5.80. The minimum atomic E-state index is 0.312. The van der Waals surface area contributed by atoms with Crippen molar-refractivity contribution in [1.82, 2.24) is 29.9 Å². The molecule has 1 aromatic carbocycles. The molecule has 0 spiro atoms. The van der Waals surface area contributed by atoms with Crippen LogP contribution in [-0.2, 0) is 6.42 Å². The van der Waals surface area contributed by atoms with Crippen LogP contribution in [0.1, 0.15) is 18.2 Å². The summed E-state index contributed by atoms with van der Waals surface area (Å²) in [5.41, 5.74) is 2.74. The minimum absolute atomic E-state index is 0.312. The van der Waals surface area contributed by atoms with Crippen LogP contribution < -0.4 is 5.32 Å². The Kier molecular flexibility index (Phi) is 4.77. The van der Waals surface area contributed by atoms with E-state index in [2.05, 4.69) is 35.2 Å². The molecule has 0 saturated carbocycles. The molecule has 0 amide bonds. The first-order valence-electron chi connectivity index (χ1n) is 8.27. The van der Waals surface area contributed by atoms with Crippen molar-refractivity contribution in [2.24, 2.45) is 0 Å². The number of halogens is 2. The molecule has 0 aliphatic heterocycles. The average Bonchev–Trinajstić information content (AvgIpc) is 3.12. The van der Waals surface area contributed by atoms with Crippen LogP contribution in [-0.4, -0.2) is 29.9 Å². The van der Waals surface area contributed by atoms with Crippen LogP contribution >= 0.6 is 23.2 Å². The van der Waals surface area contributed by atoms with Gasteiger partial charge >= 0.3 is 0 Å². The fraction of sp³-hybridized carbons (Fsp3) is 0.111. The number of rotatable bonds is 4. The molecule has 138 valence electrons. The Bertz CT molecular complexity index is 1190. The standard InChI is InChI=1S/C18H12Cl2N8/c1-2-10-6-23-13(7-22-10)26-17-15-18(25-8-24-17)28-16(27-15)14-11(19)3-9(5-21)4-12(14)20/h3-4,6-8H,2H2,1H3,(H2,23,24,25,26,27,28). The lowest BCUT2D eigenvalue weighted by atomic mass is 10.1. The Hall–Kier alpha value is -3.28. The molecule has 0 radical (unpaired) electrons. The molecule has 4 aromatic rings. The molecule has 3 aromatic heterocycles.